The Labute approximate surface area is 114 Å². The number of rotatable bonds is 8. The van der Waals surface area contributed by atoms with Crippen molar-refractivity contribution in [2.75, 3.05) is 25.1 Å². The Balaban J connectivity index is 2.85. The number of hydrogen-bond acceptors (Lipinski definition) is 5. The molecule has 4 nitrogen and oxygen atoms in total. The molecule has 1 unspecified atom stereocenters. The summed E-state index contributed by atoms with van der Waals surface area (Å²) >= 11 is 1.57. The van der Waals surface area contributed by atoms with Crippen LogP contribution in [0.3, 0.4) is 0 Å². The number of anilines is 1. The van der Waals surface area contributed by atoms with Gasteiger partial charge in [-0.2, -0.15) is 0 Å². The largest absolute Gasteiger partial charge is 0.391 e. The molecule has 0 aliphatic carbocycles. The normalized spacial score (nSPS) is 12.7. The fraction of sp³-hybridized carbons (Fsp3) is 0.769. The van der Waals surface area contributed by atoms with Gasteiger partial charge in [0.05, 0.1) is 23.8 Å². The van der Waals surface area contributed by atoms with Gasteiger partial charge in [-0.25, -0.2) is 4.98 Å². The summed E-state index contributed by atoms with van der Waals surface area (Å²) in [6.45, 7) is 9.05. The van der Waals surface area contributed by atoms with Crippen molar-refractivity contribution >= 4 is 16.5 Å². The third-order valence-corrected chi connectivity index (χ3v) is 4.22. The summed E-state index contributed by atoms with van der Waals surface area (Å²) in [4.78, 5) is 7.78. The maximum atomic E-state index is 9.34. The van der Waals surface area contributed by atoms with Gasteiger partial charge in [-0.1, -0.05) is 31.6 Å². The third kappa shape index (κ3) is 3.93. The Hall–Kier alpha value is -0.650. The molecule has 1 rings (SSSR count). The molecule has 0 bridgehead atoms. The molecule has 5 heteroatoms. The highest BCUT2D eigenvalue weighted by atomic mass is 32.1. The van der Waals surface area contributed by atoms with E-state index in [-0.39, 0.29) is 6.61 Å². The lowest BCUT2D eigenvalue weighted by Gasteiger charge is -2.23. The maximum Gasteiger partial charge on any atom is 0.185 e. The van der Waals surface area contributed by atoms with E-state index in [4.69, 9.17) is 4.74 Å². The number of nitrogens with zero attached hydrogens (tertiary/aromatic N) is 2. The van der Waals surface area contributed by atoms with Crippen LogP contribution in [-0.4, -0.2) is 30.3 Å². The molecular weight excluding hydrogens is 248 g/mol. The number of methoxy groups -OCH3 is 1. The molecule has 1 heterocycles. The van der Waals surface area contributed by atoms with Crippen LogP contribution in [0.25, 0.3) is 0 Å². The lowest BCUT2D eigenvalue weighted by Crippen LogP contribution is -2.27. The predicted octanol–water partition coefficient (Wildman–Crippen LogP) is 2.65. The van der Waals surface area contributed by atoms with Crippen molar-refractivity contribution in [1.29, 1.82) is 0 Å². The van der Waals surface area contributed by atoms with Crippen LogP contribution in [0, 0.1) is 5.92 Å². The van der Waals surface area contributed by atoms with Gasteiger partial charge in [0.1, 0.15) is 0 Å². The van der Waals surface area contributed by atoms with Crippen LogP contribution < -0.4 is 4.90 Å². The number of aliphatic hydroxyl groups excluding tert-OH is 1. The second kappa shape index (κ2) is 7.71. The predicted molar refractivity (Wildman–Crippen MR) is 76.1 cm³/mol. The smallest absolute Gasteiger partial charge is 0.185 e. The first-order valence-electron chi connectivity index (χ1n) is 6.49. The molecule has 0 saturated heterocycles. The van der Waals surface area contributed by atoms with Gasteiger partial charge in [0.15, 0.2) is 5.13 Å². The molecule has 0 aliphatic heterocycles. The van der Waals surface area contributed by atoms with Crippen LogP contribution >= 0.6 is 11.3 Å². The lowest BCUT2D eigenvalue weighted by molar-refractivity contribution is 0.179. The van der Waals surface area contributed by atoms with Gasteiger partial charge < -0.3 is 14.7 Å². The van der Waals surface area contributed by atoms with E-state index in [0.717, 1.165) is 28.8 Å². The molecule has 0 aromatic carbocycles. The zero-order valence-electron chi connectivity index (χ0n) is 11.8. The molecule has 1 N–H and O–H groups in total. The second-order valence-electron chi connectivity index (χ2n) is 4.51. The SMILES string of the molecule is CCC(C)CN(CC)c1nc(COC)c(CO)s1. The van der Waals surface area contributed by atoms with Crippen molar-refractivity contribution in [3.05, 3.63) is 10.6 Å². The van der Waals surface area contributed by atoms with Crippen molar-refractivity contribution in [2.45, 2.75) is 40.4 Å². The van der Waals surface area contributed by atoms with E-state index in [1.54, 1.807) is 18.4 Å². The fourth-order valence-corrected chi connectivity index (χ4v) is 2.72. The average molecular weight is 272 g/mol. The van der Waals surface area contributed by atoms with Crippen molar-refractivity contribution in [1.82, 2.24) is 4.98 Å². The molecule has 18 heavy (non-hydrogen) atoms. The third-order valence-electron chi connectivity index (χ3n) is 3.07. The van der Waals surface area contributed by atoms with Gasteiger partial charge >= 0.3 is 0 Å². The number of hydrogen-bond donors (Lipinski definition) is 1. The van der Waals surface area contributed by atoms with Gasteiger partial charge in [-0.15, -0.1) is 0 Å². The Morgan fingerprint density at radius 3 is 2.67 bits per heavy atom. The number of aliphatic hydroxyl groups is 1. The highest BCUT2D eigenvalue weighted by molar-refractivity contribution is 7.15. The van der Waals surface area contributed by atoms with Crippen LogP contribution in [-0.2, 0) is 18.0 Å². The summed E-state index contributed by atoms with van der Waals surface area (Å²) in [6, 6.07) is 0. The van der Waals surface area contributed by atoms with Crippen LogP contribution in [0.2, 0.25) is 0 Å². The zero-order valence-corrected chi connectivity index (χ0v) is 12.6. The Bertz CT molecular complexity index is 355. The van der Waals surface area contributed by atoms with Crippen molar-refractivity contribution < 1.29 is 9.84 Å². The topological polar surface area (TPSA) is 45.6 Å². The van der Waals surface area contributed by atoms with E-state index in [9.17, 15) is 5.11 Å². The summed E-state index contributed by atoms with van der Waals surface area (Å²) < 4.78 is 5.11. The molecular formula is C13H24N2O2S. The minimum absolute atomic E-state index is 0.0389. The highest BCUT2D eigenvalue weighted by Gasteiger charge is 2.16. The van der Waals surface area contributed by atoms with Crippen LogP contribution in [0.1, 0.15) is 37.8 Å². The summed E-state index contributed by atoms with van der Waals surface area (Å²) in [5, 5.41) is 10.3. The number of aromatic nitrogens is 1. The minimum Gasteiger partial charge on any atom is -0.391 e. The molecule has 0 aliphatic rings. The van der Waals surface area contributed by atoms with E-state index in [1.165, 1.54) is 6.42 Å². The van der Waals surface area contributed by atoms with Crippen molar-refractivity contribution in [2.24, 2.45) is 5.92 Å². The maximum absolute atomic E-state index is 9.34. The van der Waals surface area contributed by atoms with E-state index in [0.29, 0.717) is 12.5 Å². The van der Waals surface area contributed by atoms with E-state index in [2.05, 4.69) is 30.7 Å². The van der Waals surface area contributed by atoms with E-state index < -0.39 is 0 Å². The first-order valence-corrected chi connectivity index (χ1v) is 7.31. The van der Waals surface area contributed by atoms with Crippen LogP contribution in [0.4, 0.5) is 5.13 Å². The number of thiazole rings is 1. The van der Waals surface area contributed by atoms with Gasteiger partial charge in [0, 0.05) is 20.2 Å². The quantitative estimate of drug-likeness (QED) is 0.790. The zero-order chi connectivity index (χ0) is 13.5. The molecule has 1 aromatic rings. The highest BCUT2D eigenvalue weighted by Crippen LogP contribution is 2.27. The molecule has 0 spiro atoms. The molecule has 104 valence electrons. The van der Waals surface area contributed by atoms with Gasteiger partial charge in [0.2, 0.25) is 0 Å². The summed E-state index contributed by atoms with van der Waals surface area (Å²) in [6.07, 6.45) is 1.17. The van der Waals surface area contributed by atoms with Crippen molar-refractivity contribution in [3.63, 3.8) is 0 Å². The second-order valence-corrected chi connectivity index (χ2v) is 5.57. The van der Waals surface area contributed by atoms with Crippen molar-refractivity contribution in [3.8, 4) is 0 Å². The Kier molecular flexibility index (Phi) is 6.60. The first kappa shape index (κ1) is 15.4. The minimum atomic E-state index is 0.0389. The molecule has 0 saturated carbocycles. The van der Waals surface area contributed by atoms with E-state index in [1.807, 2.05) is 0 Å². The standard InChI is InChI=1S/C13H24N2O2S/c1-5-10(3)7-15(6-2)13-14-11(9-17-4)12(8-16)18-13/h10,16H,5-9H2,1-4H3. The molecule has 0 fully saturated rings. The molecule has 1 aromatic heterocycles. The van der Waals surface area contributed by atoms with Gasteiger partial charge in [-0.05, 0) is 12.8 Å². The van der Waals surface area contributed by atoms with Gasteiger partial charge in [-0.3, -0.25) is 0 Å². The molecule has 0 amide bonds. The summed E-state index contributed by atoms with van der Waals surface area (Å²) in [5.74, 6) is 0.650. The Morgan fingerprint density at radius 1 is 1.44 bits per heavy atom. The Morgan fingerprint density at radius 2 is 2.17 bits per heavy atom. The average Bonchev–Trinajstić information content (AvgIpc) is 2.79. The first-order chi connectivity index (χ1) is 8.65. The van der Waals surface area contributed by atoms with Gasteiger partial charge in [0.25, 0.3) is 0 Å². The molecule has 0 radical (unpaired) electrons. The number of ether oxygens (including phenoxy) is 1. The summed E-state index contributed by atoms with van der Waals surface area (Å²) in [5.41, 5.74) is 0.864. The van der Waals surface area contributed by atoms with E-state index >= 15 is 0 Å². The van der Waals surface area contributed by atoms with Crippen LogP contribution in [0.15, 0.2) is 0 Å². The lowest BCUT2D eigenvalue weighted by atomic mass is 10.1. The summed E-state index contributed by atoms with van der Waals surface area (Å²) in [7, 11) is 1.65. The van der Waals surface area contributed by atoms with Crippen LogP contribution in [0.5, 0.6) is 0 Å². The monoisotopic (exact) mass is 272 g/mol. The molecule has 1 atom stereocenters. The fourth-order valence-electron chi connectivity index (χ4n) is 1.73.